The van der Waals surface area contributed by atoms with Gasteiger partial charge in [-0.1, -0.05) is 62.7 Å². The van der Waals surface area contributed by atoms with Crippen LogP contribution in [0.15, 0.2) is 66.7 Å². The predicted molar refractivity (Wildman–Crippen MR) is 136 cm³/mol. The minimum Gasteiger partial charge on any atom is -0.426 e. The lowest BCUT2D eigenvalue weighted by Crippen LogP contribution is -2.25. The molecule has 3 aromatic rings. The van der Waals surface area contributed by atoms with Gasteiger partial charge in [0.2, 0.25) is 0 Å². The average molecular weight is 477 g/mol. The maximum absolute atomic E-state index is 15.0. The number of ether oxygens (including phenoxy) is 1. The summed E-state index contributed by atoms with van der Waals surface area (Å²) in [6.45, 7) is 4.12. The van der Waals surface area contributed by atoms with Crippen molar-refractivity contribution in [3.05, 3.63) is 101 Å². The Bertz CT molecular complexity index is 1090. The summed E-state index contributed by atoms with van der Waals surface area (Å²) in [5.41, 5.74) is 3.13. The Morgan fingerprint density at radius 1 is 0.943 bits per heavy atom. The Morgan fingerprint density at radius 2 is 1.57 bits per heavy atom. The van der Waals surface area contributed by atoms with Gasteiger partial charge in [-0.3, -0.25) is 4.79 Å². The van der Waals surface area contributed by atoms with E-state index in [-0.39, 0.29) is 29.3 Å². The summed E-state index contributed by atoms with van der Waals surface area (Å²) < 4.78 is 35.5. The average Bonchev–Trinajstić information content (AvgIpc) is 2.88. The summed E-state index contributed by atoms with van der Waals surface area (Å²) in [6, 6.07) is 20.5. The van der Waals surface area contributed by atoms with Gasteiger partial charge in [-0.2, -0.15) is 0 Å². The van der Waals surface area contributed by atoms with E-state index in [9.17, 15) is 13.6 Å². The number of rotatable bonds is 8. The molecule has 1 unspecified atom stereocenters. The molecule has 0 radical (unpaired) electrons. The molecule has 0 aromatic heterocycles. The summed E-state index contributed by atoms with van der Waals surface area (Å²) in [5, 5.41) is 0. The number of carbonyl (C=O) groups is 1. The van der Waals surface area contributed by atoms with Gasteiger partial charge < -0.3 is 4.74 Å². The first-order chi connectivity index (χ1) is 16.9. The monoisotopic (exact) mass is 476 g/mol. The number of halogens is 2. The highest BCUT2D eigenvalue weighted by Crippen LogP contribution is 2.38. The maximum atomic E-state index is 15.0. The molecule has 4 heteroatoms. The van der Waals surface area contributed by atoms with Gasteiger partial charge >= 0.3 is 5.97 Å². The van der Waals surface area contributed by atoms with Crippen LogP contribution in [0.2, 0.25) is 0 Å². The molecular weight excluding hydrogens is 442 g/mol. The summed E-state index contributed by atoms with van der Waals surface area (Å²) in [6.07, 6.45) is 5.15. The van der Waals surface area contributed by atoms with Crippen LogP contribution in [0.1, 0.15) is 80.0 Å². The van der Waals surface area contributed by atoms with Crippen LogP contribution >= 0.6 is 0 Å². The zero-order valence-corrected chi connectivity index (χ0v) is 20.6. The SMILES string of the molecule is CCCc1ccc(OC(=O)C2CCC(c3cc(F)c(CC(C)c4ccccc4)c(F)c3)CC2)cc1. The normalized spacial score (nSPS) is 18.7. The third-order valence-corrected chi connectivity index (χ3v) is 7.25. The zero-order chi connectivity index (χ0) is 24.8. The van der Waals surface area contributed by atoms with E-state index in [0.717, 1.165) is 18.4 Å². The lowest BCUT2D eigenvalue weighted by Gasteiger charge is -2.28. The topological polar surface area (TPSA) is 26.3 Å². The quantitative estimate of drug-likeness (QED) is 0.242. The number of benzene rings is 3. The first-order valence-corrected chi connectivity index (χ1v) is 12.8. The molecule has 0 bridgehead atoms. The van der Waals surface area contributed by atoms with Crippen LogP contribution in [0.3, 0.4) is 0 Å². The van der Waals surface area contributed by atoms with Gasteiger partial charge in [0.1, 0.15) is 17.4 Å². The van der Waals surface area contributed by atoms with E-state index in [1.165, 1.54) is 17.7 Å². The standard InChI is InChI=1S/C31H34F2O2/c1-3-7-22-10-16-27(17-11-22)35-31(34)25-14-12-24(13-15-25)26-19-29(32)28(30(33)20-26)18-21(2)23-8-5-4-6-9-23/h4-6,8-11,16-17,19-21,24-25H,3,7,12-15,18H2,1-2H3. The molecule has 1 aliphatic rings. The van der Waals surface area contributed by atoms with E-state index < -0.39 is 11.6 Å². The highest BCUT2D eigenvalue weighted by atomic mass is 19.1. The van der Waals surface area contributed by atoms with Crippen LogP contribution < -0.4 is 4.74 Å². The molecule has 1 saturated carbocycles. The Labute approximate surface area is 207 Å². The van der Waals surface area contributed by atoms with Gasteiger partial charge in [0.15, 0.2) is 0 Å². The van der Waals surface area contributed by atoms with Crippen LogP contribution in [0.25, 0.3) is 0 Å². The van der Waals surface area contributed by atoms with E-state index >= 15 is 0 Å². The number of hydrogen-bond acceptors (Lipinski definition) is 2. The van der Waals surface area contributed by atoms with Crippen molar-refractivity contribution >= 4 is 5.97 Å². The number of aryl methyl sites for hydroxylation is 1. The first-order valence-electron chi connectivity index (χ1n) is 12.8. The second-order valence-electron chi connectivity index (χ2n) is 9.84. The molecule has 184 valence electrons. The molecule has 4 rings (SSSR count). The Balaban J connectivity index is 1.34. The van der Waals surface area contributed by atoms with E-state index in [0.29, 0.717) is 43.4 Å². The number of esters is 1. The summed E-state index contributed by atoms with van der Waals surface area (Å²) in [5.74, 6) is -0.697. The molecule has 0 N–H and O–H groups in total. The molecule has 0 heterocycles. The van der Waals surface area contributed by atoms with Gasteiger partial charge in [0.05, 0.1) is 5.92 Å². The lowest BCUT2D eigenvalue weighted by molar-refractivity contribution is -0.140. The van der Waals surface area contributed by atoms with Crippen LogP contribution in [0.4, 0.5) is 8.78 Å². The zero-order valence-electron chi connectivity index (χ0n) is 20.6. The van der Waals surface area contributed by atoms with Crippen molar-refractivity contribution in [2.24, 2.45) is 5.92 Å². The second kappa shape index (κ2) is 11.6. The fourth-order valence-corrected chi connectivity index (χ4v) is 5.13. The minimum atomic E-state index is -0.476. The third kappa shape index (κ3) is 6.36. The molecule has 3 aromatic carbocycles. The van der Waals surface area contributed by atoms with Crippen molar-refractivity contribution < 1.29 is 18.3 Å². The molecule has 0 aliphatic heterocycles. The lowest BCUT2D eigenvalue weighted by atomic mass is 9.78. The molecule has 1 aliphatic carbocycles. The summed E-state index contributed by atoms with van der Waals surface area (Å²) in [4.78, 5) is 12.7. The molecule has 1 atom stereocenters. The molecule has 2 nitrogen and oxygen atoms in total. The van der Waals surface area contributed by atoms with Crippen molar-refractivity contribution in [1.82, 2.24) is 0 Å². The highest BCUT2D eigenvalue weighted by Gasteiger charge is 2.29. The van der Waals surface area contributed by atoms with Gasteiger partial charge in [-0.15, -0.1) is 0 Å². The predicted octanol–water partition coefficient (Wildman–Crippen LogP) is 8.14. The Kier molecular flexibility index (Phi) is 8.33. The van der Waals surface area contributed by atoms with Crippen molar-refractivity contribution in [2.75, 3.05) is 0 Å². The minimum absolute atomic E-state index is 0.0235. The highest BCUT2D eigenvalue weighted by molar-refractivity contribution is 5.75. The van der Waals surface area contributed by atoms with E-state index in [1.54, 1.807) is 0 Å². The molecule has 35 heavy (non-hydrogen) atoms. The number of hydrogen-bond donors (Lipinski definition) is 0. The third-order valence-electron chi connectivity index (χ3n) is 7.25. The smallest absolute Gasteiger partial charge is 0.314 e. The maximum Gasteiger partial charge on any atom is 0.314 e. The van der Waals surface area contributed by atoms with Crippen LogP contribution in [0, 0.1) is 17.6 Å². The van der Waals surface area contributed by atoms with E-state index in [2.05, 4.69) is 6.92 Å². The summed E-state index contributed by atoms with van der Waals surface area (Å²) in [7, 11) is 0. The molecule has 0 spiro atoms. The fraction of sp³-hybridized carbons (Fsp3) is 0.387. The first kappa shape index (κ1) is 25.1. The van der Waals surface area contributed by atoms with Crippen LogP contribution in [0.5, 0.6) is 5.75 Å². The molecule has 1 fully saturated rings. The fourth-order valence-electron chi connectivity index (χ4n) is 5.13. The van der Waals surface area contributed by atoms with E-state index in [1.807, 2.05) is 61.5 Å². The second-order valence-corrected chi connectivity index (χ2v) is 9.84. The Morgan fingerprint density at radius 3 is 2.17 bits per heavy atom. The Hall–Kier alpha value is -3.01. The molecule has 0 saturated heterocycles. The van der Waals surface area contributed by atoms with E-state index in [4.69, 9.17) is 4.74 Å². The van der Waals surface area contributed by atoms with Crippen molar-refractivity contribution in [2.45, 2.75) is 70.6 Å². The largest absolute Gasteiger partial charge is 0.426 e. The molecule has 0 amide bonds. The van der Waals surface area contributed by atoms with Gasteiger partial charge in [0, 0.05) is 5.56 Å². The van der Waals surface area contributed by atoms with Crippen LogP contribution in [-0.4, -0.2) is 5.97 Å². The van der Waals surface area contributed by atoms with Crippen molar-refractivity contribution in [3.63, 3.8) is 0 Å². The van der Waals surface area contributed by atoms with Gasteiger partial charge in [-0.05, 0) is 91.3 Å². The van der Waals surface area contributed by atoms with Crippen molar-refractivity contribution in [1.29, 1.82) is 0 Å². The van der Waals surface area contributed by atoms with Crippen molar-refractivity contribution in [3.8, 4) is 5.75 Å². The van der Waals surface area contributed by atoms with Crippen LogP contribution in [-0.2, 0) is 17.6 Å². The van der Waals surface area contributed by atoms with Gasteiger partial charge in [-0.25, -0.2) is 8.78 Å². The summed E-state index contributed by atoms with van der Waals surface area (Å²) >= 11 is 0. The molecular formula is C31H34F2O2. The number of carbonyl (C=O) groups excluding carboxylic acids is 1. The van der Waals surface area contributed by atoms with Gasteiger partial charge in [0.25, 0.3) is 0 Å².